The zero-order valence-electron chi connectivity index (χ0n) is 17.7. The van der Waals surface area contributed by atoms with Gasteiger partial charge in [-0.15, -0.1) is 24.0 Å². The van der Waals surface area contributed by atoms with Crippen LogP contribution in [0.15, 0.2) is 29.3 Å². The smallest absolute Gasteiger partial charge is 0.222 e. The van der Waals surface area contributed by atoms with Gasteiger partial charge in [0.25, 0.3) is 0 Å². The first kappa shape index (κ1) is 24.5. The first-order chi connectivity index (χ1) is 13.0. The molecule has 1 heterocycles. The second-order valence-electron chi connectivity index (χ2n) is 7.49. The average molecular weight is 501 g/mol. The van der Waals surface area contributed by atoms with Crippen molar-refractivity contribution >= 4 is 41.5 Å². The summed E-state index contributed by atoms with van der Waals surface area (Å²) in [7, 11) is 3.81. The summed E-state index contributed by atoms with van der Waals surface area (Å²) in [5.74, 6) is 0.919. The van der Waals surface area contributed by atoms with E-state index in [4.69, 9.17) is 0 Å². The molecule has 0 spiro atoms. The van der Waals surface area contributed by atoms with Gasteiger partial charge >= 0.3 is 0 Å². The summed E-state index contributed by atoms with van der Waals surface area (Å²) in [6.45, 7) is 8.17. The van der Waals surface area contributed by atoms with Crippen molar-refractivity contribution in [3.05, 3.63) is 29.8 Å². The van der Waals surface area contributed by atoms with Gasteiger partial charge in [0.15, 0.2) is 5.96 Å². The molecule has 1 aliphatic rings. The number of carbonyl (C=O) groups is 1. The number of anilines is 1. The molecule has 2 N–H and O–H groups in total. The maximum atomic E-state index is 11.6. The molecule has 1 aromatic carbocycles. The van der Waals surface area contributed by atoms with Crippen LogP contribution in [0.1, 0.15) is 38.7 Å². The van der Waals surface area contributed by atoms with E-state index < -0.39 is 0 Å². The van der Waals surface area contributed by atoms with E-state index >= 15 is 0 Å². The molecule has 1 aliphatic heterocycles. The number of piperidine rings is 1. The number of amides is 1. The first-order valence-corrected chi connectivity index (χ1v) is 10.0. The molecule has 6 nitrogen and oxygen atoms in total. The highest BCUT2D eigenvalue weighted by Gasteiger charge is 2.12. The van der Waals surface area contributed by atoms with Crippen LogP contribution in [0.2, 0.25) is 0 Å². The summed E-state index contributed by atoms with van der Waals surface area (Å²) in [5, 5.41) is 6.21. The summed E-state index contributed by atoms with van der Waals surface area (Å²) in [4.78, 5) is 20.5. The largest absolute Gasteiger partial charge is 0.372 e. The number of hydrogen-bond donors (Lipinski definition) is 2. The third-order valence-electron chi connectivity index (χ3n) is 4.88. The second-order valence-corrected chi connectivity index (χ2v) is 7.49. The number of benzene rings is 1. The minimum Gasteiger partial charge on any atom is -0.372 e. The lowest BCUT2D eigenvalue weighted by Crippen LogP contribution is -2.42. The number of halogens is 1. The topological polar surface area (TPSA) is 60.0 Å². The molecule has 7 heteroatoms. The predicted octanol–water partition coefficient (Wildman–Crippen LogP) is 3.07. The Bertz CT molecular complexity index is 612. The van der Waals surface area contributed by atoms with Gasteiger partial charge in [0.05, 0.1) is 0 Å². The highest BCUT2D eigenvalue weighted by molar-refractivity contribution is 14.0. The number of nitrogens with zero attached hydrogens (tertiary/aromatic N) is 3. The zero-order valence-corrected chi connectivity index (χ0v) is 20.0. The Hall–Kier alpha value is -1.51. The van der Waals surface area contributed by atoms with Crippen LogP contribution in [0, 0.1) is 5.92 Å². The minimum atomic E-state index is 0. The third kappa shape index (κ3) is 7.85. The van der Waals surface area contributed by atoms with Crippen molar-refractivity contribution < 1.29 is 4.79 Å². The van der Waals surface area contributed by atoms with Crippen LogP contribution in [0.4, 0.5) is 5.69 Å². The first-order valence-electron chi connectivity index (χ1n) is 10.0. The molecule has 0 radical (unpaired) electrons. The van der Waals surface area contributed by atoms with Gasteiger partial charge in [0.1, 0.15) is 0 Å². The Morgan fingerprint density at radius 1 is 1.11 bits per heavy atom. The van der Waals surface area contributed by atoms with Crippen LogP contribution in [0.25, 0.3) is 0 Å². The summed E-state index contributed by atoms with van der Waals surface area (Å²) in [5.41, 5.74) is 2.58. The highest BCUT2D eigenvalue weighted by Crippen LogP contribution is 2.20. The lowest BCUT2D eigenvalue weighted by Gasteiger charge is -2.29. The van der Waals surface area contributed by atoms with Crippen molar-refractivity contribution in [2.24, 2.45) is 10.9 Å². The SMILES string of the molecule is CN=C(NCCNC(=O)C(C)C)N(C)Cc1ccc(N2CCCCC2)cc1.I. The van der Waals surface area contributed by atoms with Gasteiger partial charge in [-0.05, 0) is 37.0 Å². The Morgan fingerprint density at radius 2 is 1.71 bits per heavy atom. The fourth-order valence-corrected chi connectivity index (χ4v) is 3.26. The van der Waals surface area contributed by atoms with Crippen molar-refractivity contribution in [1.82, 2.24) is 15.5 Å². The van der Waals surface area contributed by atoms with Gasteiger partial charge in [-0.3, -0.25) is 9.79 Å². The number of guanidine groups is 1. The fraction of sp³-hybridized carbons (Fsp3) is 0.619. The molecular formula is C21H36IN5O. The van der Waals surface area contributed by atoms with E-state index in [9.17, 15) is 4.79 Å². The molecular weight excluding hydrogens is 465 g/mol. The van der Waals surface area contributed by atoms with Crippen LogP contribution in [-0.2, 0) is 11.3 Å². The maximum absolute atomic E-state index is 11.6. The molecule has 0 atom stereocenters. The van der Waals surface area contributed by atoms with Crippen molar-refractivity contribution in [1.29, 1.82) is 0 Å². The van der Waals surface area contributed by atoms with Gasteiger partial charge in [-0.25, -0.2) is 0 Å². The van der Waals surface area contributed by atoms with Crippen LogP contribution < -0.4 is 15.5 Å². The Kier molecular flexibility index (Phi) is 11.3. The van der Waals surface area contributed by atoms with E-state index in [2.05, 4.69) is 49.7 Å². The Labute approximate surface area is 187 Å². The predicted molar refractivity (Wildman–Crippen MR) is 129 cm³/mol. The van der Waals surface area contributed by atoms with Crippen LogP contribution in [0.5, 0.6) is 0 Å². The van der Waals surface area contributed by atoms with Gasteiger partial charge in [-0.1, -0.05) is 26.0 Å². The average Bonchev–Trinajstić information content (AvgIpc) is 2.69. The lowest BCUT2D eigenvalue weighted by atomic mass is 10.1. The number of aliphatic imine (C=N–C) groups is 1. The Balaban J connectivity index is 0.00000392. The zero-order chi connectivity index (χ0) is 19.6. The van der Waals surface area contributed by atoms with Crippen molar-refractivity contribution in [3.8, 4) is 0 Å². The molecule has 0 aliphatic carbocycles. The van der Waals surface area contributed by atoms with E-state index in [0.29, 0.717) is 13.1 Å². The highest BCUT2D eigenvalue weighted by atomic mass is 127. The van der Waals surface area contributed by atoms with Crippen molar-refractivity contribution in [3.63, 3.8) is 0 Å². The van der Waals surface area contributed by atoms with Gasteiger partial charge in [-0.2, -0.15) is 0 Å². The fourth-order valence-electron chi connectivity index (χ4n) is 3.26. The molecule has 2 rings (SSSR count). The van der Waals surface area contributed by atoms with Gasteiger partial charge in [0.2, 0.25) is 5.91 Å². The quantitative estimate of drug-likeness (QED) is 0.261. The second kappa shape index (κ2) is 12.9. The molecule has 28 heavy (non-hydrogen) atoms. The van der Waals surface area contributed by atoms with Crippen molar-refractivity contribution in [2.45, 2.75) is 39.7 Å². The van der Waals surface area contributed by atoms with Crippen LogP contribution in [-0.4, -0.2) is 57.0 Å². The summed E-state index contributed by atoms with van der Waals surface area (Å²) >= 11 is 0. The molecule has 0 saturated carbocycles. The lowest BCUT2D eigenvalue weighted by molar-refractivity contribution is -0.123. The molecule has 0 aromatic heterocycles. The normalized spacial score (nSPS) is 14.5. The van der Waals surface area contributed by atoms with E-state index in [0.717, 1.165) is 12.5 Å². The Morgan fingerprint density at radius 3 is 2.29 bits per heavy atom. The third-order valence-corrected chi connectivity index (χ3v) is 4.88. The van der Waals surface area contributed by atoms with Crippen molar-refractivity contribution in [2.75, 3.05) is 45.2 Å². The molecule has 1 fully saturated rings. The molecule has 1 saturated heterocycles. The number of nitrogens with one attached hydrogen (secondary N) is 2. The number of carbonyl (C=O) groups excluding carboxylic acids is 1. The maximum Gasteiger partial charge on any atom is 0.222 e. The van der Waals surface area contributed by atoms with Crippen LogP contribution >= 0.6 is 24.0 Å². The molecule has 158 valence electrons. The van der Waals surface area contributed by atoms with E-state index in [1.165, 1.54) is 43.6 Å². The van der Waals surface area contributed by atoms with Gasteiger partial charge in [0, 0.05) is 58.4 Å². The minimum absolute atomic E-state index is 0. The van der Waals surface area contributed by atoms with E-state index in [1.54, 1.807) is 7.05 Å². The van der Waals surface area contributed by atoms with Crippen LogP contribution in [0.3, 0.4) is 0 Å². The van der Waals surface area contributed by atoms with E-state index in [-0.39, 0.29) is 35.8 Å². The monoisotopic (exact) mass is 501 g/mol. The molecule has 1 amide bonds. The standard InChI is InChI=1S/C21H35N5O.HI/c1-17(2)20(27)23-12-13-24-21(22-3)25(4)16-18-8-10-19(11-9-18)26-14-6-5-7-15-26;/h8-11,17H,5-7,12-16H2,1-4H3,(H,22,24)(H,23,27);1H. The molecule has 0 unspecified atom stereocenters. The van der Waals surface area contributed by atoms with E-state index in [1.807, 2.05) is 20.9 Å². The summed E-state index contributed by atoms with van der Waals surface area (Å²) in [6.07, 6.45) is 3.95. The number of hydrogen-bond acceptors (Lipinski definition) is 3. The molecule has 0 bridgehead atoms. The number of rotatable bonds is 7. The van der Waals surface area contributed by atoms with Gasteiger partial charge < -0.3 is 20.4 Å². The molecule has 1 aromatic rings. The summed E-state index contributed by atoms with van der Waals surface area (Å²) < 4.78 is 0. The summed E-state index contributed by atoms with van der Waals surface area (Å²) in [6, 6.07) is 8.87.